The molecule has 0 spiro atoms. The Bertz CT molecular complexity index is 469. The van der Waals surface area contributed by atoms with Gasteiger partial charge in [0.15, 0.2) is 0 Å². The van der Waals surface area contributed by atoms with Gasteiger partial charge in [-0.3, -0.25) is 4.90 Å². The topological polar surface area (TPSA) is 86.8 Å². The summed E-state index contributed by atoms with van der Waals surface area (Å²) < 4.78 is 47.2. The molecule has 7 nitrogen and oxygen atoms in total. The van der Waals surface area contributed by atoms with Crippen LogP contribution in [-0.4, -0.2) is 90.1 Å². The SMILES string of the molecule is CN(CCS(C)(=O)=O)S(=O)(=O)CCN1CCNCC1. The Balaban J connectivity index is 2.41. The van der Waals surface area contributed by atoms with Crippen LogP contribution in [-0.2, 0) is 19.9 Å². The quantitative estimate of drug-likeness (QED) is 0.597. The molecule has 1 saturated heterocycles. The Hall–Kier alpha value is -0.220. The van der Waals surface area contributed by atoms with E-state index in [4.69, 9.17) is 0 Å². The van der Waals surface area contributed by atoms with E-state index in [1.54, 1.807) is 0 Å². The maximum Gasteiger partial charge on any atom is 0.215 e. The van der Waals surface area contributed by atoms with Crippen molar-refractivity contribution < 1.29 is 16.8 Å². The van der Waals surface area contributed by atoms with Crippen LogP contribution in [0.15, 0.2) is 0 Å². The molecule has 0 saturated carbocycles. The first kappa shape index (κ1) is 16.8. The van der Waals surface area contributed by atoms with Gasteiger partial charge in [-0.05, 0) is 0 Å². The van der Waals surface area contributed by atoms with Gasteiger partial charge in [-0.2, -0.15) is 0 Å². The summed E-state index contributed by atoms with van der Waals surface area (Å²) in [6.07, 6.45) is 1.11. The number of hydrogen-bond acceptors (Lipinski definition) is 6. The van der Waals surface area contributed by atoms with Crippen molar-refractivity contribution in [2.45, 2.75) is 0 Å². The highest BCUT2D eigenvalue weighted by atomic mass is 32.2. The number of nitrogens with zero attached hydrogens (tertiary/aromatic N) is 2. The van der Waals surface area contributed by atoms with Gasteiger partial charge in [-0.25, -0.2) is 21.1 Å². The standard InChI is InChI=1S/C10H23N3O4S2/c1-12(7-9-18(2,14)15)19(16,17)10-8-13-5-3-11-4-6-13/h11H,3-10H2,1-2H3. The summed E-state index contributed by atoms with van der Waals surface area (Å²) in [7, 11) is -5.09. The van der Waals surface area contributed by atoms with E-state index in [0.29, 0.717) is 6.54 Å². The lowest BCUT2D eigenvalue weighted by Gasteiger charge is -2.27. The second-order valence-corrected chi connectivity index (χ2v) is 9.31. The number of sulfone groups is 1. The van der Waals surface area contributed by atoms with Crippen LogP contribution < -0.4 is 5.32 Å². The smallest absolute Gasteiger partial charge is 0.215 e. The molecule has 1 aliphatic heterocycles. The Morgan fingerprint density at radius 2 is 1.68 bits per heavy atom. The fraction of sp³-hybridized carbons (Fsp3) is 1.00. The molecule has 0 radical (unpaired) electrons. The van der Waals surface area contributed by atoms with E-state index in [1.165, 1.54) is 7.05 Å². The first-order chi connectivity index (χ1) is 8.71. The zero-order valence-corrected chi connectivity index (χ0v) is 13.1. The molecule has 0 aromatic rings. The number of nitrogens with one attached hydrogen (secondary N) is 1. The molecular formula is C10H23N3O4S2. The summed E-state index contributed by atoms with van der Waals surface area (Å²) in [5, 5.41) is 3.20. The molecule has 0 atom stereocenters. The number of rotatable bonds is 7. The monoisotopic (exact) mass is 313 g/mol. The van der Waals surface area contributed by atoms with Gasteiger partial charge in [0.25, 0.3) is 0 Å². The molecule has 0 unspecified atom stereocenters. The van der Waals surface area contributed by atoms with Crippen molar-refractivity contribution in [3.05, 3.63) is 0 Å². The molecule has 0 aromatic heterocycles. The lowest BCUT2D eigenvalue weighted by Crippen LogP contribution is -2.46. The predicted molar refractivity (Wildman–Crippen MR) is 75.4 cm³/mol. The first-order valence-corrected chi connectivity index (χ1v) is 9.92. The number of sulfonamides is 1. The third-order valence-electron chi connectivity index (χ3n) is 3.13. The molecule has 114 valence electrons. The summed E-state index contributed by atoms with van der Waals surface area (Å²) >= 11 is 0. The fourth-order valence-corrected chi connectivity index (χ4v) is 3.66. The van der Waals surface area contributed by atoms with Crippen molar-refractivity contribution in [2.75, 3.05) is 64.1 Å². The lowest BCUT2D eigenvalue weighted by atomic mass is 10.4. The van der Waals surface area contributed by atoms with E-state index >= 15 is 0 Å². The van der Waals surface area contributed by atoms with Crippen LogP contribution in [0.1, 0.15) is 0 Å². The molecule has 1 rings (SSSR count). The van der Waals surface area contributed by atoms with E-state index in [1.807, 2.05) is 0 Å². The molecule has 19 heavy (non-hydrogen) atoms. The third kappa shape index (κ3) is 6.66. The predicted octanol–water partition coefficient (Wildman–Crippen LogP) is -1.80. The Labute approximate surface area is 115 Å². The van der Waals surface area contributed by atoms with Gasteiger partial charge < -0.3 is 5.32 Å². The van der Waals surface area contributed by atoms with E-state index < -0.39 is 19.9 Å². The zero-order valence-electron chi connectivity index (χ0n) is 11.5. The minimum atomic E-state index is -3.38. The van der Waals surface area contributed by atoms with Gasteiger partial charge in [0.1, 0.15) is 9.84 Å². The number of piperazine rings is 1. The van der Waals surface area contributed by atoms with Crippen LogP contribution >= 0.6 is 0 Å². The minimum Gasteiger partial charge on any atom is -0.314 e. The van der Waals surface area contributed by atoms with E-state index in [-0.39, 0.29) is 18.1 Å². The van der Waals surface area contributed by atoms with Crippen molar-refractivity contribution in [1.29, 1.82) is 0 Å². The Morgan fingerprint density at radius 3 is 2.21 bits per heavy atom. The van der Waals surface area contributed by atoms with Crippen LogP contribution in [0.2, 0.25) is 0 Å². The molecule has 1 heterocycles. The van der Waals surface area contributed by atoms with Crippen molar-refractivity contribution in [1.82, 2.24) is 14.5 Å². The minimum absolute atomic E-state index is 0.0166. The first-order valence-electron chi connectivity index (χ1n) is 6.25. The summed E-state index contributed by atoms with van der Waals surface area (Å²) in [6.45, 7) is 3.97. The highest BCUT2D eigenvalue weighted by Gasteiger charge is 2.21. The van der Waals surface area contributed by atoms with Crippen LogP contribution in [0.3, 0.4) is 0 Å². The second kappa shape index (κ2) is 6.98. The Morgan fingerprint density at radius 1 is 1.11 bits per heavy atom. The zero-order chi connectivity index (χ0) is 14.5. The van der Waals surface area contributed by atoms with Gasteiger partial charge in [0.05, 0.1) is 11.5 Å². The molecule has 0 aromatic carbocycles. The molecule has 1 aliphatic rings. The fourth-order valence-electron chi connectivity index (χ4n) is 1.77. The molecular weight excluding hydrogens is 290 g/mol. The van der Waals surface area contributed by atoms with Gasteiger partial charge in [0, 0.05) is 52.6 Å². The second-order valence-electron chi connectivity index (χ2n) is 4.86. The van der Waals surface area contributed by atoms with Gasteiger partial charge in [0.2, 0.25) is 10.0 Å². The summed E-state index contributed by atoms with van der Waals surface area (Å²) in [6, 6.07) is 0. The molecule has 1 fully saturated rings. The molecule has 1 N–H and O–H groups in total. The summed E-state index contributed by atoms with van der Waals surface area (Å²) in [4.78, 5) is 2.10. The molecule has 9 heteroatoms. The van der Waals surface area contributed by atoms with Crippen molar-refractivity contribution >= 4 is 19.9 Å². The average Bonchev–Trinajstić information content (AvgIpc) is 2.34. The van der Waals surface area contributed by atoms with Crippen LogP contribution in [0.25, 0.3) is 0 Å². The normalized spacial score (nSPS) is 18.9. The largest absolute Gasteiger partial charge is 0.314 e. The summed E-state index contributed by atoms with van der Waals surface area (Å²) in [5.41, 5.74) is 0. The van der Waals surface area contributed by atoms with Crippen LogP contribution in [0, 0.1) is 0 Å². The van der Waals surface area contributed by atoms with Crippen LogP contribution in [0.5, 0.6) is 0 Å². The summed E-state index contributed by atoms with van der Waals surface area (Å²) in [5.74, 6) is -0.108. The van der Waals surface area contributed by atoms with E-state index in [2.05, 4.69) is 10.2 Å². The highest BCUT2D eigenvalue weighted by molar-refractivity contribution is 7.91. The van der Waals surface area contributed by atoms with Gasteiger partial charge in [-0.15, -0.1) is 0 Å². The Kier molecular flexibility index (Phi) is 6.18. The number of hydrogen-bond donors (Lipinski definition) is 1. The van der Waals surface area contributed by atoms with Crippen LogP contribution in [0.4, 0.5) is 0 Å². The lowest BCUT2D eigenvalue weighted by molar-refractivity contribution is 0.253. The van der Waals surface area contributed by atoms with E-state index in [9.17, 15) is 16.8 Å². The van der Waals surface area contributed by atoms with Gasteiger partial charge in [-0.1, -0.05) is 0 Å². The van der Waals surface area contributed by atoms with Crippen molar-refractivity contribution in [3.63, 3.8) is 0 Å². The maximum atomic E-state index is 12.0. The maximum absolute atomic E-state index is 12.0. The molecule has 0 bridgehead atoms. The molecule has 0 aliphatic carbocycles. The van der Waals surface area contributed by atoms with Gasteiger partial charge >= 0.3 is 0 Å². The third-order valence-corrected chi connectivity index (χ3v) is 5.88. The van der Waals surface area contributed by atoms with Crippen molar-refractivity contribution in [2.24, 2.45) is 0 Å². The highest BCUT2D eigenvalue weighted by Crippen LogP contribution is 2.01. The molecule has 0 amide bonds. The average molecular weight is 313 g/mol. The van der Waals surface area contributed by atoms with E-state index in [0.717, 1.165) is 36.7 Å². The van der Waals surface area contributed by atoms with Crippen molar-refractivity contribution in [3.8, 4) is 0 Å².